The third-order valence-electron chi connectivity index (χ3n) is 3.70. The first-order chi connectivity index (χ1) is 13.6. The van der Waals surface area contributed by atoms with Crippen molar-refractivity contribution in [3.8, 4) is 11.4 Å². The number of carbonyl (C=O) groups is 1. The third kappa shape index (κ3) is 3.95. The lowest BCUT2D eigenvalue weighted by Crippen LogP contribution is -2.14. The number of hydrogen-bond donors (Lipinski definition) is 1. The molecular weight excluding hydrogens is 403 g/mol. The summed E-state index contributed by atoms with van der Waals surface area (Å²) in [7, 11) is 0. The summed E-state index contributed by atoms with van der Waals surface area (Å²) in [5.41, 5.74) is 2.37. The first-order valence-corrected chi connectivity index (χ1v) is 9.48. The fraction of sp³-hybridized carbons (Fsp3) is 0.0556. The molecule has 0 aliphatic heterocycles. The zero-order valence-corrected chi connectivity index (χ0v) is 15.8. The van der Waals surface area contributed by atoms with E-state index in [4.69, 9.17) is 11.6 Å². The predicted molar refractivity (Wildman–Crippen MR) is 105 cm³/mol. The Balaban J connectivity index is 1.48. The molecule has 7 nitrogen and oxygen atoms in total. The average molecular weight is 415 g/mol. The van der Waals surface area contributed by atoms with Gasteiger partial charge in [0.25, 0.3) is 0 Å². The second-order valence-electron chi connectivity index (χ2n) is 5.65. The smallest absolute Gasteiger partial charge is 0.234 e. The van der Waals surface area contributed by atoms with Gasteiger partial charge in [-0.2, -0.15) is 9.61 Å². The van der Waals surface area contributed by atoms with Crippen LogP contribution in [0.4, 0.5) is 10.1 Å². The summed E-state index contributed by atoms with van der Waals surface area (Å²) in [6.45, 7) is 0. The van der Waals surface area contributed by atoms with Gasteiger partial charge in [-0.3, -0.25) is 9.78 Å². The molecule has 1 aromatic carbocycles. The van der Waals surface area contributed by atoms with E-state index in [2.05, 4.69) is 25.6 Å². The van der Waals surface area contributed by atoms with E-state index in [0.29, 0.717) is 22.2 Å². The van der Waals surface area contributed by atoms with Crippen LogP contribution in [-0.4, -0.2) is 36.5 Å². The Labute approximate surface area is 168 Å². The highest BCUT2D eigenvalue weighted by Crippen LogP contribution is 2.21. The summed E-state index contributed by atoms with van der Waals surface area (Å²) in [6.07, 6.45) is 1.69. The zero-order valence-electron chi connectivity index (χ0n) is 14.2. The lowest BCUT2D eigenvalue weighted by molar-refractivity contribution is -0.113. The van der Waals surface area contributed by atoms with Crippen molar-refractivity contribution in [2.24, 2.45) is 0 Å². The number of fused-ring (bicyclic) bond motifs is 1. The van der Waals surface area contributed by atoms with E-state index in [1.165, 1.54) is 30.0 Å². The molecule has 0 fully saturated rings. The van der Waals surface area contributed by atoms with Crippen LogP contribution < -0.4 is 5.32 Å². The highest BCUT2D eigenvalue weighted by Gasteiger charge is 2.12. The van der Waals surface area contributed by atoms with Crippen molar-refractivity contribution in [1.82, 2.24) is 24.8 Å². The Hall–Kier alpha value is -3.04. The molecule has 4 rings (SSSR count). The topological polar surface area (TPSA) is 85.1 Å². The molecule has 0 saturated carbocycles. The van der Waals surface area contributed by atoms with Crippen LogP contribution in [0.2, 0.25) is 5.02 Å². The number of carbonyl (C=O) groups excluding carboxylic acids is 1. The van der Waals surface area contributed by atoms with Crippen molar-refractivity contribution in [3.05, 3.63) is 65.6 Å². The number of benzene rings is 1. The Kier molecular flexibility index (Phi) is 5.18. The van der Waals surface area contributed by atoms with Crippen molar-refractivity contribution in [2.45, 2.75) is 5.16 Å². The highest BCUT2D eigenvalue weighted by atomic mass is 35.5. The van der Waals surface area contributed by atoms with E-state index in [-0.39, 0.29) is 16.7 Å². The van der Waals surface area contributed by atoms with Crippen molar-refractivity contribution in [3.63, 3.8) is 0 Å². The van der Waals surface area contributed by atoms with Crippen LogP contribution in [0.25, 0.3) is 17.0 Å². The van der Waals surface area contributed by atoms with E-state index >= 15 is 0 Å². The molecule has 0 aliphatic rings. The summed E-state index contributed by atoms with van der Waals surface area (Å²) in [5, 5.41) is 15.7. The number of amides is 1. The zero-order chi connectivity index (χ0) is 19.5. The Bertz CT molecular complexity index is 1150. The SMILES string of the molecule is O=C(CSc1nnc2ccc(-c3ccccn3)nn12)Nc1ccc(F)c(Cl)c1. The number of pyridine rings is 1. The quantitative estimate of drug-likeness (QED) is 0.501. The largest absolute Gasteiger partial charge is 0.325 e. The van der Waals surface area contributed by atoms with Gasteiger partial charge in [-0.25, -0.2) is 4.39 Å². The van der Waals surface area contributed by atoms with E-state index in [0.717, 1.165) is 5.69 Å². The molecule has 28 heavy (non-hydrogen) atoms. The van der Waals surface area contributed by atoms with Crippen LogP contribution in [0.15, 0.2) is 59.9 Å². The second-order valence-corrected chi connectivity index (χ2v) is 7.00. The van der Waals surface area contributed by atoms with Gasteiger partial charge in [-0.05, 0) is 42.5 Å². The summed E-state index contributed by atoms with van der Waals surface area (Å²) in [6, 6.07) is 13.1. The van der Waals surface area contributed by atoms with Gasteiger partial charge in [0.1, 0.15) is 11.5 Å². The molecule has 4 aromatic rings. The molecule has 0 atom stereocenters. The molecule has 0 saturated heterocycles. The molecule has 3 aromatic heterocycles. The van der Waals surface area contributed by atoms with Gasteiger partial charge < -0.3 is 5.32 Å². The van der Waals surface area contributed by atoms with E-state index < -0.39 is 5.82 Å². The van der Waals surface area contributed by atoms with Crippen LogP contribution in [0.3, 0.4) is 0 Å². The fourth-order valence-corrected chi connectivity index (χ4v) is 3.28. The molecule has 140 valence electrons. The number of aromatic nitrogens is 5. The normalized spacial score (nSPS) is 10.9. The highest BCUT2D eigenvalue weighted by molar-refractivity contribution is 7.99. The second kappa shape index (κ2) is 7.91. The average Bonchev–Trinajstić information content (AvgIpc) is 3.12. The molecule has 0 aliphatic carbocycles. The summed E-state index contributed by atoms with van der Waals surface area (Å²) in [4.78, 5) is 16.5. The molecule has 3 heterocycles. The standard InChI is InChI=1S/C18H12ClFN6OS/c19-12-9-11(4-5-13(12)20)22-17(27)10-28-18-24-23-16-7-6-15(25-26(16)18)14-3-1-2-8-21-14/h1-9H,10H2,(H,22,27). The minimum Gasteiger partial charge on any atom is -0.325 e. The Morgan fingerprint density at radius 3 is 2.82 bits per heavy atom. The molecule has 0 spiro atoms. The van der Waals surface area contributed by atoms with Crippen molar-refractivity contribution in [1.29, 1.82) is 0 Å². The van der Waals surface area contributed by atoms with E-state index in [9.17, 15) is 9.18 Å². The molecule has 0 bridgehead atoms. The maximum absolute atomic E-state index is 13.2. The summed E-state index contributed by atoms with van der Waals surface area (Å²) >= 11 is 6.90. The maximum Gasteiger partial charge on any atom is 0.234 e. The number of nitrogens with one attached hydrogen (secondary N) is 1. The molecule has 0 radical (unpaired) electrons. The van der Waals surface area contributed by atoms with Crippen LogP contribution in [-0.2, 0) is 4.79 Å². The fourth-order valence-electron chi connectivity index (χ4n) is 2.41. The lowest BCUT2D eigenvalue weighted by atomic mass is 10.2. The van der Waals surface area contributed by atoms with Gasteiger partial charge >= 0.3 is 0 Å². The van der Waals surface area contributed by atoms with Crippen LogP contribution in [0.1, 0.15) is 0 Å². The number of rotatable bonds is 5. The predicted octanol–water partition coefficient (Wildman–Crippen LogP) is 3.71. The van der Waals surface area contributed by atoms with Gasteiger partial charge in [-0.1, -0.05) is 29.4 Å². The molecule has 0 unspecified atom stereocenters. The van der Waals surface area contributed by atoms with Crippen LogP contribution in [0, 0.1) is 5.82 Å². The summed E-state index contributed by atoms with van der Waals surface area (Å²) < 4.78 is 14.8. The van der Waals surface area contributed by atoms with Gasteiger partial charge in [0.2, 0.25) is 11.1 Å². The van der Waals surface area contributed by atoms with Gasteiger partial charge in [-0.15, -0.1) is 10.2 Å². The van der Waals surface area contributed by atoms with Crippen molar-refractivity contribution < 1.29 is 9.18 Å². The van der Waals surface area contributed by atoms with E-state index in [1.54, 1.807) is 16.8 Å². The summed E-state index contributed by atoms with van der Waals surface area (Å²) in [5.74, 6) is -0.755. The maximum atomic E-state index is 13.2. The third-order valence-corrected chi connectivity index (χ3v) is 4.91. The van der Waals surface area contributed by atoms with E-state index in [1.807, 2.05) is 24.3 Å². The monoisotopic (exact) mass is 414 g/mol. The van der Waals surface area contributed by atoms with Crippen LogP contribution in [0.5, 0.6) is 0 Å². The molecule has 1 amide bonds. The number of nitrogens with zero attached hydrogens (tertiary/aromatic N) is 5. The van der Waals surface area contributed by atoms with Crippen LogP contribution >= 0.6 is 23.4 Å². The van der Waals surface area contributed by atoms with Crippen molar-refractivity contribution in [2.75, 3.05) is 11.1 Å². The Morgan fingerprint density at radius 2 is 2.04 bits per heavy atom. The van der Waals surface area contributed by atoms with Gasteiger partial charge in [0.15, 0.2) is 5.65 Å². The van der Waals surface area contributed by atoms with Gasteiger partial charge in [0.05, 0.1) is 16.5 Å². The number of hydrogen-bond acceptors (Lipinski definition) is 6. The van der Waals surface area contributed by atoms with Gasteiger partial charge in [0, 0.05) is 11.9 Å². The number of anilines is 1. The number of halogens is 2. The first kappa shape index (κ1) is 18.3. The first-order valence-electron chi connectivity index (χ1n) is 8.12. The molecule has 1 N–H and O–H groups in total. The van der Waals surface area contributed by atoms with Crippen molar-refractivity contribution >= 4 is 40.6 Å². The minimum atomic E-state index is -0.543. The number of thioether (sulfide) groups is 1. The Morgan fingerprint density at radius 1 is 1.14 bits per heavy atom. The molecule has 10 heteroatoms. The lowest BCUT2D eigenvalue weighted by Gasteiger charge is -2.05. The molecular formula is C18H12ClFN6OS. The minimum absolute atomic E-state index is 0.0554.